The van der Waals surface area contributed by atoms with Crippen LogP contribution in [0.1, 0.15) is 20.8 Å². The predicted octanol–water partition coefficient (Wildman–Crippen LogP) is 3.18. The quantitative estimate of drug-likeness (QED) is 0.869. The van der Waals surface area contributed by atoms with Crippen LogP contribution in [0.2, 0.25) is 0 Å². The van der Waals surface area contributed by atoms with Crippen LogP contribution >= 0.6 is 15.9 Å². The number of carbonyl (C=O) groups is 2. The standard InChI is InChI=1S/C14H20BrN3O3/c1-14(2,3)21-13(20)18(9-8-16)12(19)17-11-7-5-4-6-10(11)15/h4-7H,8-9,16H2,1-3H3,(H,17,19). The third-order valence-electron chi connectivity index (χ3n) is 2.33. The second kappa shape index (κ2) is 7.42. The number of benzene rings is 1. The van der Waals surface area contributed by atoms with Gasteiger partial charge in [-0.1, -0.05) is 12.1 Å². The predicted molar refractivity (Wildman–Crippen MR) is 85.2 cm³/mol. The van der Waals surface area contributed by atoms with Crippen molar-refractivity contribution in [1.82, 2.24) is 4.90 Å². The van der Waals surface area contributed by atoms with Crippen molar-refractivity contribution in [3.05, 3.63) is 28.7 Å². The monoisotopic (exact) mass is 357 g/mol. The lowest BCUT2D eigenvalue weighted by molar-refractivity contribution is 0.0337. The second-order valence-corrected chi connectivity index (χ2v) is 6.18. The number of nitrogens with one attached hydrogen (secondary N) is 1. The third-order valence-corrected chi connectivity index (χ3v) is 3.02. The molecule has 0 fully saturated rings. The normalized spacial score (nSPS) is 10.9. The molecule has 1 rings (SSSR count). The van der Waals surface area contributed by atoms with Gasteiger partial charge in [0.2, 0.25) is 0 Å². The number of hydrogen-bond donors (Lipinski definition) is 2. The highest BCUT2D eigenvalue weighted by Gasteiger charge is 2.26. The number of nitrogens with zero attached hydrogens (tertiary/aromatic N) is 1. The van der Waals surface area contributed by atoms with Gasteiger partial charge in [-0.3, -0.25) is 0 Å². The Labute approximate surface area is 132 Å². The van der Waals surface area contributed by atoms with Gasteiger partial charge in [0, 0.05) is 17.6 Å². The number of amides is 3. The molecule has 0 spiro atoms. The maximum Gasteiger partial charge on any atom is 0.418 e. The van der Waals surface area contributed by atoms with Crippen LogP contribution in [0.15, 0.2) is 28.7 Å². The molecular formula is C14H20BrN3O3. The number of carbonyl (C=O) groups excluding carboxylic acids is 2. The molecule has 0 unspecified atom stereocenters. The van der Waals surface area contributed by atoms with Crippen LogP contribution in [-0.2, 0) is 4.74 Å². The molecule has 0 heterocycles. The summed E-state index contributed by atoms with van der Waals surface area (Å²) in [4.78, 5) is 25.2. The van der Waals surface area contributed by atoms with Gasteiger partial charge in [0.25, 0.3) is 0 Å². The topological polar surface area (TPSA) is 84.7 Å². The maximum atomic E-state index is 12.2. The van der Waals surface area contributed by atoms with E-state index in [0.717, 1.165) is 9.37 Å². The number of urea groups is 1. The zero-order valence-electron chi connectivity index (χ0n) is 12.4. The van der Waals surface area contributed by atoms with Crippen molar-refractivity contribution >= 4 is 33.7 Å². The van der Waals surface area contributed by atoms with Gasteiger partial charge in [0.15, 0.2) is 0 Å². The molecule has 1 aromatic rings. The number of nitrogens with two attached hydrogens (primary N) is 1. The lowest BCUT2D eigenvalue weighted by Gasteiger charge is -2.26. The van der Waals surface area contributed by atoms with Crippen molar-refractivity contribution in [2.24, 2.45) is 5.73 Å². The number of anilines is 1. The van der Waals surface area contributed by atoms with Crippen molar-refractivity contribution in [3.8, 4) is 0 Å². The van der Waals surface area contributed by atoms with E-state index < -0.39 is 17.7 Å². The minimum Gasteiger partial charge on any atom is -0.443 e. The summed E-state index contributed by atoms with van der Waals surface area (Å²) in [7, 11) is 0. The number of rotatable bonds is 3. The van der Waals surface area contributed by atoms with E-state index in [4.69, 9.17) is 10.5 Å². The van der Waals surface area contributed by atoms with Crippen LogP contribution in [0.25, 0.3) is 0 Å². The Hall–Kier alpha value is -1.60. The number of para-hydroxylation sites is 1. The SMILES string of the molecule is CC(C)(C)OC(=O)N(CCN)C(=O)Nc1ccccc1Br. The molecule has 0 bridgehead atoms. The van der Waals surface area contributed by atoms with Gasteiger partial charge in [-0.15, -0.1) is 0 Å². The molecule has 3 N–H and O–H groups in total. The molecule has 0 aromatic heterocycles. The highest BCUT2D eigenvalue weighted by atomic mass is 79.9. The van der Waals surface area contributed by atoms with E-state index in [1.807, 2.05) is 6.07 Å². The lowest BCUT2D eigenvalue weighted by atomic mass is 10.2. The Balaban J connectivity index is 2.83. The molecule has 0 saturated carbocycles. The van der Waals surface area contributed by atoms with Crippen LogP contribution in [0, 0.1) is 0 Å². The van der Waals surface area contributed by atoms with Crippen LogP contribution in [-0.4, -0.2) is 35.7 Å². The number of ether oxygens (including phenoxy) is 1. The second-order valence-electron chi connectivity index (χ2n) is 5.33. The van der Waals surface area contributed by atoms with E-state index in [0.29, 0.717) is 5.69 Å². The van der Waals surface area contributed by atoms with Crippen molar-refractivity contribution in [2.75, 3.05) is 18.4 Å². The Morgan fingerprint density at radius 1 is 1.33 bits per heavy atom. The molecule has 7 heteroatoms. The first-order valence-corrected chi connectivity index (χ1v) is 7.30. The Kier molecular flexibility index (Phi) is 6.17. The molecular weight excluding hydrogens is 338 g/mol. The molecule has 6 nitrogen and oxygen atoms in total. The summed E-state index contributed by atoms with van der Waals surface area (Å²) >= 11 is 3.32. The average Bonchev–Trinajstić information content (AvgIpc) is 2.36. The molecule has 0 aliphatic rings. The van der Waals surface area contributed by atoms with Crippen LogP contribution in [0.5, 0.6) is 0 Å². The minimum absolute atomic E-state index is 0.0746. The molecule has 3 amide bonds. The molecule has 0 radical (unpaired) electrons. The van der Waals surface area contributed by atoms with Gasteiger partial charge >= 0.3 is 12.1 Å². The molecule has 0 aliphatic heterocycles. The summed E-state index contributed by atoms with van der Waals surface area (Å²) < 4.78 is 5.92. The largest absolute Gasteiger partial charge is 0.443 e. The Bertz CT molecular complexity index is 514. The maximum absolute atomic E-state index is 12.2. The van der Waals surface area contributed by atoms with E-state index in [1.54, 1.807) is 39.0 Å². The Morgan fingerprint density at radius 2 is 1.95 bits per heavy atom. The van der Waals surface area contributed by atoms with Gasteiger partial charge in [-0.05, 0) is 48.8 Å². The van der Waals surface area contributed by atoms with Crippen molar-refractivity contribution < 1.29 is 14.3 Å². The lowest BCUT2D eigenvalue weighted by Crippen LogP contribution is -2.45. The third kappa shape index (κ3) is 5.73. The zero-order valence-corrected chi connectivity index (χ0v) is 13.9. The molecule has 1 aromatic carbocycles. The summed E-state index contributed by atoms with van der Waals surface area (Å²) in [5.41, 5.74) is 5.33. The number of hydrogen-bond acceptors (Lipinski definition) is 4. The summed E-state index contributed by atoms with van der Waals surface area (Å²) in [6.45, 7) is 5.43. The summed E-state index contributed by atoms with van der Waals surface area (Å²) in [6, 6.07) is 6.53. The van der Waals surface area contributed by atoms with Gasteiger partial charge in [0.05, 0.1) is 5.69 Å². The zero-order chi connectivity index (χ0) is 16.0. The molecule has 0 aliphatic carbocycles. The first-order chi connectivity index (χ1) is 9.74. The van der Waals surface area contributed by atoms with Gasteiger partial charge in [0.1, 0.15) is 5.60 Å². The van der Waals surface area contributed by atoms with Crippen molar-refractivity contribution in [3.63, 3.8) is 0 Å². The molecule has 116 valence electrons. The van der Waals surface area contributed by atoms with Crippen LogP contribution < -0.4 is 11.1 Å². The first kappa shape index (κ1) is 17.5. The van der Waals surface area contributed by atoms with E-state index in [2.05, 4.69) is 21.2 Å². The van der Waals surface area contributed by atoms with Gasteiger partial charge in [-0.25, -0.2) is 14.5 Å². The summed E-state index contributed by atoms with van der Waals surface area (Å²) in [5.74, 6) is 0. The van der Waals surface area contributed by atoms with E-state index >= 15 is 0 Å². The molecule has 21 heavy (non-hydrogen) atoms. The fourth-order valence-corrected chi connectivity index (χ4v) is 1.85. The summed E-state index contributed by atoms with van der Waals surface area (Å²) in [6.07, 6.45) is -0.725. The highest BCUT2D eigenvalue weighted by Crippen LogP contribution is 2.21. The molecule has 0 saturated heterocycles. The summed E-state index contributed by atoms with van der Waals surface area (Å²) in [5, 5.41) is 2.65. The fourth-order valence-electron chi connectivity index (χ4n) is 1.47. The number of imide groups is 1. The smallest absolute Gasteiger partial charge is 0.418 e. The van der Waals surface area contributed by atoms with E-state index in [1.165, 1.54) is 0 Å². The fraction of sp³-hybridized carbons (Fsp3) is 0.429. The van der Waals surface area contributed by atoms with Gasteiger partial charge in [-0.2, -0.15) is 0 Å². The minimum atomic E-state index is -0.725. The van der Waals surface area contributed by atoms with E-state index in [9.17, 15) is 9.59 Å². The molecule has 0 atom stereocenters. The van der Waals surface area contributed by atoms with Crippen molar-refractivity contribution in [1.29, 1.82) is 0 Å². The first-order valence-electron chi connectivity index (χ1n) is 6.50. The Morgan fingerprint density at radius 3 is 2.48 bits per heavy atom. The van der Waals surface area contributed by atoms with E-state index in [-0.39, 0.29) is 13.1 Å². The van der Waals surface area contributed by atoms with Crippen LogP contribution in [0.3, 0.4) is 0 Å². The average molecular weight is 358 g/mol. The van der Waals surface area contributed by atoms with Gasteiger partial charge < -0.3 is 15.8 Å². The number of halogens is 1. The van der Waals surface area contributed by atoms with Crippen molar-refractivity contribution in [2.45, 2.75) is 26.4 Å². The highest BCUT2D eigenvalue weighted by molar-refractivity contribution is 9.10. The van der Waals surface area contributed by atoms with Crippen LogP contribution in [0.4, 0.5) is 15.3 Å².